The van der Waals surface area contributed by atoms with Crippen molar-refractivity contribution in [2.24, 2.45) is 0 Å². The van der Waals surface area contributed by atoms with Crippen LogP contribution in [0, 0.1) is 5.82 Å². The van der Waals surface area contributed by atoms with Gasteiger partial charge in [-0.25, -0.2) is 9.18 Å². The second-order valence-electron chi connectivity index (χ2n) is 7.90. The lowest BCUT2D eigenvalue weighted by Crippen LogP contribution is -2.43. The molecule has 0 bridgehead atoms. The Morgan fingerprint density at radius 2 is 1.81 bits per heavy atom. The van der Waals surface area contributed by atoms with Crippen molar-refractivity contribution in [1.82, 2.24) is 9.88 Å². The van der Waals surface area contributed by atoms with E-state index in [4.69, 9.17) is 0 Å². The van der Waals surface area contributed by atoms with Crippen LogP contribution in [0.2, 0.25) is 0 Å². The summed E-state index contributed by atoms with van der Waals surface area (Å²) in [6.07, 6.45) is 1.60. The molecule has 2 heterocycles. The van der Waals surface area contributed by atoms with Gasteiger partial charge in [-0.15, -0.1) is 0 Å². The van der Waals surface area contributed by atoms with E-state index in [9.17, 15) is 9.18 Å². The van der Waals surface area contributed by atoms with E-state index in [0.717, 1.165) is 40.9 Å². The summed E-state index contributed by atoms with van der Waals surface area (Å²) in [6.45, 7) is 2.65. The number of amides is 2. The third kappa shape index (κ3) is 3.46. The van der Waals surface area contributed by atoms with Crippen molar-refractivity contribution in [3.8, 4) is 0 Å². The molecule has 0 saturated heterocycles. The van der Waals surface area contributed by atoms with Crippen molar-refractivity contribution in [3.05, 3.63) is 101 Å². The predicted molar refractivity (Wildman–Crippen MR) is 122 cm³/mol. The Balaban J connectivity index is 1.57. The number of hydrogen-bond acceptors (Lipinski definition) is 1. The minimum absolute atomic E-state index is 0.153. The SMILES string of the molecule is CCc1ccccc1NC(=O)N1CCc2c([nH]c3ccccc23)[C@H]1c1ccc(F)cc1. The van der Waals surface area contributed by atoms with Gasteiger partial charge >= 0.3 is 6.03 Å². The van der Waals surface area contributed by atoms with Crippen molar-refractivity contribution in [3.63, 3.8) is 0 Å². The molecule has 5 rings (SSSR count). The lowest BCUT2D eigenvalue weighted by molar-refractivity contribution is 0.193. The number of fused-ring (bicyclic) bond motifs is 3. The number of carbonyl (C=O) groups excluding carboxylic acids is 1. The number of aryl methyl sites for hydroxylation is 1. The average molecular weight is 413 g/mol. The Hall–Kier alpha value is -3.60. The molecule has 0 spiro atoms. The minimum Gasteiger partial charge on any atom is -0.356 e. The van der Waals surface area contributed by atoms with E-state index in [1.807, 2.05) is 41.3 Å². The molecule has 1 atom stereocenters. The molecule has 4 nitrogen and oxygen atoms in total. The number of nitrogens with one attached hydrogen (secondary N) is 2. The van der Waals surface area contributed by atoms with E-state index in [1.54, 1.807) is 12.1 Å². The van der Waals surface area contributed by atoms with Gasteiger partial charge in [-0.3, -0.25) is 0 Å². The standard InChI is InChI=1S/C26H24FN3O/c1-2-17-7-3-5-9-22(17)29-26(31)30-16-15-21-20-8-4-6-10-23(20)28-24(21)25(30)18-11-13-19(27)14-12-18/h3-14,25,28H,2,15-16H2,1H3,(H,29,31)/t25-/m1/s1. The largest absolute Gasteiger partial charge is 0.356 e. The summed E-state index contributed by atoms with van der Waals surface area (Å²) in [6, 6.07) is 22.0. The maximum absolute atomic E-state index is 13.6. The van der Waals surface area contributed by atoms with Gasteiger partial charge in [-0.1, -0.05) is 55.5 Å². The molecular weight excluding hydrogens is 389 g/mol. The molecule has 0 radical (unpaired) electrons. The highest BCUT2D eigenvalue weighted by Gasteiger charge is 2.34. The smallest absolute Gasteiger partial charge is 0.322 e. The number of carbonyl (C=O) groups is 1. The van der Waals surface area contributed by atoms with Crippen LogP contribution in [0.4, 0.5) is 14.9 Å². The number of benzene rings is 3. The molecule has 4 aromatic rings. The van der Waals surface area contributed by atoms with E-state index in [1.165, 1.54) is 23.1 Å². The number of rotatable bonds is 3. The van der Waals surface area contributed by atoms with Crippen LogP contribution >= 0.6 is 0 Å². The van der Waals surface area contributed by atoms with E-state index in [2.05, 4.69) is 29.4 Å². The molecule has 5 heteroatoms. The lowest BCUT2D eigenvalue weighted by atomic mass is 9.92. The molecule has 2 amide bonds. The second kappa shape index (κ2) is 7.91. The number of aromatic amines is 1. The Labute approximate surface area is 180 Å². The van der Waals surface area contributed by atoms with Crippen LogP contribution in [0.25, 0.3) is 10.9 Å². The van der Waals surface area contributed by atoms with Gasteiger partial charge in [0.05, 0.1) is 6.04 Å². The highest BCUT2D eigenvalue weighted by Crippen LogP contribution is 2.38. The average Bonchev–Trinajstić information content (AvgIpc) is 3.18. The number of anilines is 1. The minimum atomic E-state index is -0.314. The summed E-state index contributed by atoms with van der Waals surface area (Å²) in [5, 5.41) is 4.29. The quantitative estimate of drug-likeness (QED) is 0.422. The third-order valence-electron chi connectivity index (χ3n) is 6.12. The molecule has 0 unspecified atom stereocenters. The molecule has 1 aromatic heterocycles. The number of H-pyrrole nitrogens is 1. The van der Waals surface area contributed by atoms with Crippen LogP contribution in [0.1, 0.15) is 35.3 Å². The summed E-state index contributed by atoms with van der Waals surface area (Å²) in [7, 11) is 0. The molecule has 156 valence electrons. The van der Waals surface area contributed by atoms with Crippen LogP contribution in [0.3, 0.4) is 0 Å². The molecular formula is C26H24FN3O. The fourth-order valence-electron chi connectivity index (χ4n) is 4.59. The second-order valence-corrected chi connectivity index (χ2v) is 7.90. The van der Waals surface area contributed by atoms with E-state index >= 15 is 0 Å². The van der Waals surface area contributed by atoms with Crippen molar-refractivity contribution in [2.45, 2.75) is 25.8 Å². The Bertz CT molecular complexity index is 1250. The van der Waals surface area contributed by atoms with Gasteiger partial charge < -0.3 is 15.2 Å². The maximum Gasteiger partial charge on any atom is 0.322 e. The van der Waals surface area contributed by atoms with Crippen molar-refractivity contribution < 1.29 is 9.18 Å². The van der Waals surface area contributed by atoms with Gasteiger partial charge in [-0.2, -0.15) is 0 Å². The molecule has 1 aliphatic rings. The number of aromatic nitrogens is 1. The molecule has 1 aliphatic heterocycles. The molecule has 0 aliphatic carbocycles. The van der Waals surface area contributed by atoms with Gasteiger partial charge in [0.25, 0.3) is 0 Å². The summed E-state index contributed by atoms with van der Waals surface area (Å²) in [5.74, 6) is -0.288. The molecule has 31 heavy (non-hydrogen) atoms. The highest BCUT2D eigenvalue weighted by atomic mass is 19.1. The molecule has 0 fully saturated rings. The number of hydrogen-bond donors (Lipinski definition) is 2. The Kier molecular flexibility index (Phi) is 4.94. The fraction of sp³-hybridized carbons (Fsp3) is 0.192. The summed E-state index contributed by atoms with van der Waals surface area (Å²) < 4.78 is 13.6. The van der Waals surface area contributed by atoms with Crippen LogP contribution in [0.5, 0.6) is 0 Å². The number of nitrogens with zero attached hydrogens (tertiary/aromatic N) is 1. The fourth-order valence-corrected chi connectivity index (χ4v) is 4.59. The van der Waals surface area contributed by atoms with E-state index in [0.29, 0.717) is 6.54 Å². The first-order chi connectivity index (χ1) is 15.2. The van der Waals surface area contributed by atoms with Crippen molar-refractivity contribution in [1.29, 1.82) is 0 Å². The van der Waals surface area contributed by atoms with Crippen molar-refractivity contribution >= 4 is 22.6 Å². The van der Waals surface area contributed by atoms with Crippen LogP contribution in [-0.2, 0) is 12.8 Å². The first kappa shape index (κ1) is 19.4. The van der Waals surface area contributed by atoms with Gasteiger partial charge in [0.1, 0.15) is 5.82 Å². The van der Waals surface area contributed by atoms with Crippen LogP contribution in [0.15, 0.2) is 72.8 Å². The first-order valence-electron chi connectivity index (χ1n) is 10.7. The van der Waals surface area contributed by atoms with Crippen LogP contribution in [-0.4, -0.2) is 22.5 Å². The number of halogens is 1. The topological polar surface area (TPSA) is 48.1 Å². The van der Waals surface area contributed by atoms with Crippen molar-refractivity contribution in [2.75, 3.05) is 11.9 Å². The van der Waals surface area contributed by atoms with E-state index < -0.39 is 0 Å². The number of urea groups is 1. The Morgan fingerprint density at radius 1 is 1.06 bits per heavy atom. The zero-order valence-electron chi connectivity index (χ0n) is 17.4. The van der Waals surface area contributed by atoms with Crippen LogP contribution < -0.4 is 5.32 Å². The summed E-state index contributed by atoms with van der Waals surface area (Å²) in [5.41, 5.74) is 6.08. The predicted octanol–water partition coefficient (Wildman–Crippen LogP) is 6.05. The van der Waals surface area contributed by atoms with Gasteiger partial charge in [0.2, 0.25) is 0 Å². The van der Waals surface area contributed by atoms with Gasteiger partial charge in [0, 0.05) is 28.8 Å². The zero-order chi connectivity index (χ0) is 21.4. The normalized spacial score (nSPS) is 15.7. The summed E-state index contributed by atoms with van der Waals surface area (Å²) >= 11 is 0. The third-order valence-corrected chi connectivity index (χ3v) is 6.12. The van der Waals surface area contributed by atoms with E-state index in [-0.39, 0.29) is 17.9 Å². The molecule has 2 N–H and O–H groups in total. The summed E-state index contributed by atoms with van der Waals surface area (Å²) in [4.78, 5) is 18.8. The highest BCUT2D eigenvalue weighted by molar-refractivity contribution is 5.92. The molecule has 3 aromatic carbocycles. The number of para-hydroxylation sites is 2. The lowest BCUT2D eigenvalue weighted by Gasteiger charge is -2.36. The van der Waals surface area contributed by atoms with Gasteiger partial charge in [0.15, 0.2) is 0 Å². The first-order valence-corrected chi connectivity index (χ1v) is 10.7. The zero-order valence-corrected chi connectivity index (χ0v) is 17.4. The monoisotopic (exact) mass is 413 g/mol. The maximum atomic E-state index is 13.6. The van der Waals surface area contributed by atoms with Gasteiger partial charge in [-0.05, 0) is 53.8 Å². The Morgan fingerprint density at radius 3 is 2.61 bits per heavy atom. The molecule has 0 saturated carbocycles.